The first-order valence-corrected chi connectivity index (χ1v) is 5.41. The van der Waals surface area contributed by atoms with E-state index in [0.29, 0.717) is 12.1 Å². The summed E-state index contributed by atoms with van der Waals surface area (Å²) in [5.41, 5.74) is 0.499. The molecule has 2 rings (SSSR count). The van der Waals surface area contributed by atoms with Gasteiger partial charge in [-0.25, -0.2) is 4.98 Å². The molecular formula is C12H15N3O2. The third-order valence-electron chi connectivity index (χ3n) is 2.62. The van der Waals surface area contributed by atoms with Gasteiger partial charge in [-0.15, -0.1) is 0 Å². The molecule has 5 heteroatoms. The zero-order valence-corrected chi connectivity index (χ0v) is 9.51. The number of benzene rings is 1. The van der Waals surface area contributed by atoms with Crippen LogP contribution < -0.4 is 5.32 Å². The van der Waals surface area contributed by atoms with Gasteiger partial charge in [0.15, 0.2) is 0 Å². The SMILES string of the molecule is CC(NCc1ncc[nH]1)c1c(O)cccc1O. The van der Waals surface area contributed by atoms with Gasteiger partial charge in [0, 0.05) is 18.4 Å². The fourth-order valence-corrected chi connectivity index (χ4v) is 1.73. The molecule has 0 saturated carbocycles. The van der Waals surface area contributed by atoms with Gasteiger partial charge in [0.05, 0.1) is 12.1 Å². The second-order valence-electron chi connectivity index (χ2n) is 3.85. The number of hydrogen-bond donors (Lipinski definition) is 4. The lowest BCUT2D eigenvalue weighted by Crippen LogP contribution is -2.19. The third kappa shape index (κ3) is 2.57. The number of rotatable bonds is 4. The summed E-state index contributed by atoms with van der Waals surface area (Å²) in [4.78, 5) is 7.06. The summed E-state index contributed by atoms with van der Waals surface area (Å²) < 4.78 is 0. The van der Waals surface area contributed by atoms with E-state index in [1.54, 1.807) is 30.6 Å². The first kappa shape index (κ1) is 11.5. The van der Waals surface area contributed by atoms with Crippen LogP contribution in [0.1, 0.15) is 24.4 Å². The fraction of sp³-hybridized carbons (Fsp3) is 0.250. The highest BCUT2D eigenvalue weighted by atomic mass is 16.3. The molecule has 0 saturated heterocycles. The zero-order valence-electron chi connectivity index (χ0n) is 9.51. The van der Waals surface area contributed by atoms with Crippen LogP contribution in [0.3, 0.4) is 0 Å². The number of nitrogens with zero attached hydrogens (tertiary/aromatic N) is 1. The molecule has 0 aliphatic carbocycles. The van der Waals surface area contributed by atoms with Crippen molar-refractivity contribution in [3.05, 3.63) is 42.0 Å². The van der Waals surface area contributed by atoms with Gasteiger partial charge in [0.1, 0.15) is 17.3 Å². The molecule has 17 heavy (non-hydrogen) atoms. The minimum atomic E-state index is -0.165. The highest BCUT2D eigenvalue weighted by molar-refractivity contribution is 5.44. The molecule has 0 fully saturated rings. The highest BCUT2D eigenvalue weighted by Crippen LogP contribution is 2.32. The van der Waals surface area contributed by atoms with Crippen molar-refractivity contribution in [2.75, 3.05) is 0 Å². The normalized spacial score (nSPS) is 12.5. The Labute approximate surface area is 99.2 Å². The smallest absolute Gasteiger partial charge is 0.124 e. The van der Waals surface area contributed by atoms with E-state index in [9.17, 15) is 10.2 Å². The Morgan fingerprint density at radius 2 is 2.06 bits per heavy atom. The fourth-order valence-electron chi connectivity index (χ4n) is 1.73. The molecule has 1 unspecified atom stereocenters. The van der Waals surface area contributed by atoms with Crippen molar-refractivity contribution >= 4 is 0 Å². The molecule has 0 amide bonds. The Morgan fingerprint density at radius 1 is 1.35 bits per heavy atom. The van der Waals surface area contributed by atoms with Crippen LogP contribution in [0.2, 0.25) is 0 Å². The molecule has 90 valence electrons. The van der Waals surface area contributed by atoms with Crippen molar-refractivity contribution in [3.63, 3.8) is 0 Å². The molecule has 0 aliphatic rings. The summed E-state index contributed by atoms with van der Waals surface area (Å²) in [5.74, 6) is 0.987. The van der Waals surface area contributed by atoms with Crippen LogP contribution in [0.5, 0.6) is 11.5 Å². The number of phenols is 2. The van der Waals surface area contributed by atoms with E-state index >= 15 is 0 Å². The maximum Gasteiger partial charge on any atom is 0.124 e. The van der Waals surface area contributed by atoms with Gasteiger partial charge < -0.3 is 20.5 Å². The monoisotopic (exact) mass is 233 g/mol. The molecule has 1 atom stereocenters. The van der Waals surface area contributed by atoms with E-state index in [2.05, 4.69) is 15.3 Å². The molecule has 4 N–H and O–H groups in total. The van der Waals surface area contributed by atoms with Crippen LogP contribution in [0, 0.1) is 0 Å². The summed E-state index contributed by atoms with van der Waals surface area (Å²) in [6.45, 7) is 2.42. The number of phenolic OH excluding ortho intramolecular Hbond substituents is 2. The highest BCUT2D eigenvalue weighted by Gasteiger charge is 2.14. The van der Waals surface area contributed by atoms with Crippen LogP contribution in [0.15, 0.2) is 30.6 Å². The van der Waals surface area contributed by atoms with Crippen molar-refractivity contribution in [2.24, 2.45) is 0 Å². The quantitative estimate of drug-likeness (QED) is 0.647. The van der Waals surface area contributed by atoms with Gasteiger partial charge in [-0.2, -0.15) is 0 Å². The molecule has 0 spiro atoms. The first-order chi connectivity index (χ1) is 8.18. The van der Waals surface area contributed by atoms with Crippen LogP contribution in [-0.4, -0.2) is 20.2 Å². The van der Waals surface area contributed by atoms with Gasteiger partial charge in [-0.1, -0.05) is 6.07 Å². The molecular weight excluding hydrogens is 218 g/mol. The molecule has 0 radical (unpaired) electrons. The number of imidazole rings is 1. The van der Waals surface area contributed by atoms with Crippen LogP contribution in [-0.2, 0) is 6.54 Å². The number of H-pyrrole nitrogens is 1. The van der Waals surface area contributed by atoms with E-state index in [-0.39, 0.29) is 17.5 Å². The Balaban J connectivity index is 2.07. The van der Waals surface area contributed by atoms with Crippen molar-refractivity contribution in [1.29, 1.82) is 0 Å². The second kappa shape index (κ2) is 4.88. The predicted octanol–water partition coefficient (Wildman–Crippen LogP) is 1.67. The van der Waals surface area contributed by atoms with Gasteiger partial charge in [-0.05, 0) is 19.1 Å². The lowest BCUT2D eigenvalue weighted by molar-refractivity contribution is 0.417. The van der Waals surface area contributed by atoms with E-state index in [4.69, 9.17) is 0 Å². The lowest BCUT2D eigenvalue weighted by atomic mass is 10.1. The summed E-state index contributed by atoms with van der Waals surface area (Å²) in [5, 5.41) is 22.6. The number of aromatic nitrogens is 2. The Morgan fingerprint density at radius 3 is 2.65 bits per heavy atom. The maximum atomic E-state index is 9.70. The van der Waals surface area contributed by atoms with E-state index in [1.807, 2.05) is 6.92 Å². The third-order valence-corrected chi connectivity index (χ3v) is 2.62. The van der Waals surface area contributed by atoms with Crippen molar-refractivity contribution in [2.45, 2.75) is 19.5 Å². The Hall–Kier alpha value is -2.01. The van der Waals surface area contributed by atoms with Gasteiger partial charge in [0.2, 0.25) is 0 Å². The van der Waals surface area contributed by atoms with E-state index in [0.717, 1.165) is 5.82 Å². The molecule has 2 aromatic rings. The first-order valence-electron chi connectivity index (χ1n) is 5.41. The van der Waals surface area contributed by atoms with Crippen molar-refractivity contribution in [3.8, 4) is 11.5 Å². The molecule has 5 nitrogen and oxygen atoms in total. The average molecular weight is 233 g/mol. The molecule has 1 heterocycles. The predicted molar refractivity (Wildman–Crippen MR) is 63.6 cm³/mol. The van der Waals surface area contributed by atoms with Gasteiger partial charge in [0.25, 0.3) is 0 Å². The molecule has 1 aromatic carbocycles. The summed E-state index contributed by atoms with van der Waals surface area (Å²) >= 11 is 0. The number of aromatic hydroxyl groups is 2. The van der Waals surface area contributed by atoms with E-state index < -0.39 is 0 Å². The zero-order chi connectivity index (χ0) is 12.3. The standard InChI is InChI=1S/C12H15N3O2/c1-8(15-7-11-13-5-6-14-11)12-9(16)3-2-4-10(12)17/h2-6,8,15-17H,7H2,1H3,(H,13,14). The summed E-state index contributed by atoms with van der Waals surface area (Å²) in [6.07, 6.45) is 3.43. The Bertz CT molecular complexity index is 462. The van der Waals surface area contributed by atoms with Crippen LogP contribution >= 0.6 is 0 Å². The maximum absolute atomic E-state index is 9.70. The minimum absolute atomic E-state index is 0.0874. The number of nitrogens with one attached hydrogen (secondary N) is 2. The van der Waals surface area contributed by atoms with Crippen molar-refractivity contribution in [1.82, 2.24) is 15.3 Å². The second-order valence-corrected chi connectivity index (χ2v) is 3.85. The molecule has 1 aromatic heterocycles. The molecule has 0 bridgehead atoms. The van der Waals surface area contributed by atoms with Crippen LogP contribution in [0.4, 0.5) is 0 Å². The Kier molecular flexibility index (Phi) is 3.30. The average Bonchev–Trinajstić information content (AvgIpc) is 2.79. The molecule has 0 aliphatic heterocycles. The van der Waals surface area contributed by atoms with Gasteiger partial charge >= 0.3 is 0 Å². The van der Waals surface area contributed by atoms with Crippen molar-refractivity contribution < 1.29 is 10.2 Å². The van der Waals surface area contributed by atoms with Crippen LogP contribution in [0.25, 0.3) is 0 Å². The summed E-state index contributed by atoms with van der Waals surface area (Å²) in [6, 6.07) is 4.55. The minimum Gasteiger partial charge on any atom is -0.507 e. The van der Waals surface area contributed by atoms with Gasteiger partial charge in [-0.3, -0.25) is 0 Å². The number of aromatic amines is 1. The number of hydrogen-bond acceptors (Lipinski definition) is 4. The summed E-state index contributed by atoms with van der Waals surface area (Å²) in [7, 11) is 0. The lowest BCUT2D eigenvalue weighted by Gasteiger charge is -2.16. The van der Waals surface area contributed by atoms with E-state index in [1.165, 1.54) is 0 Å². The topological polar surface area (TPSA) is 81.2 Å². The largest absolute Gasteiger partial charge is 0.507 e.